The van der Waals surface area contributed by atoms with Crippen molar-refractivity contribution in [3.05, 3.63) is 64.0 Å². The topological polar surface area (TPSA) is 38.1 Å². The van der Waals surface area contributed by atoms with Gasteiger partial charge in [0.05, 0.1) is 11.0 Å². The Labute approximate surface area is 191 Å². The molecule has 1 amide bonds. The Balaban J connectivity index is 1.54. The molecule has 1 atom stereocenters. The largest absolute Gasteiger partial charge is 0.339 e. The van der Waals surface area contributed by atoms with E-state index in [9.17, 15) is 4.79 Å². The molecule has 1 aromatic heterocycles. The molecule has 1 saturated carbocycles. The molecular weight excluding hydrogens is 394 g/mol. The zero-order valence-electron chi connectivity index (χ0n) is 19.9. The Hall–Kier alpha value is -2.62. The molecule has 2 aliphatic rings. The minimum absolute atomic E-state index is 0.170. The molecule has 2 heterocycles. The molecule has 0 N–H and O–H groups in total. The van der Waals surface area contributed by atoms with Crippen LogP contribution in [-0.4, -0.2) is 32.9 Å². The number of amides is 1. The van der Waals surface area contributed by atoms with E-state index in [0.29, 0.717) is 18.4 Å². The summed E-state index contributed by atoms with van der Waals surface area (Å²) in [5.41, 5.74) is 9.00. The Morgan fingerprint density at radius 1 is 0.969 bits per heavy atom. The third-order valence-electron chi connectivity index (χ3n) is 8.06. The zero-order valence-corrected chi connectivity index (χ0v) is 19.9. The molecule has 2 fully saturated rings. The van der Waals surface area contributed by atoms with Crippen molar-refractivity contribution < 1.29 is 4.79 Å². The number of rotatable bonds is 4. The highest BCUT2D eigenvalue weighted by Crippen LogP contribution is 2.35. The molecule has 1 aliphatic heterocycles. The standard InChI is InChI=1S/C28H35N3O/c1-18-14-19(2)21(4)24(20(18)3)17-31-26-13-9-8-12-25(26)29-28(31)22-15-27(32)30(16-22)23-10-6-5-7-11-23/h8-9,12-14,22-23H,5-7,10-11,15-17H2,1-4H3. The third kappa shape index (κ3) is 3.64. The Kier molecular flexibility index (Phi) is 5.56. The quantitative estimate of drug-likeness (QED) is 0.513. The van der Waals surface area contributed by atoms with Gasteiger partial charge in [-0.25, -0.2) is 4.98 Å². The number of fused-ring (bicyclic) bond motifs is 1. The van der Waals surface area contributed by atoms with Crippen molar-refractivity contribution in [2.24, 2.45) is 0 Å². The first-order valence-corrected chi connectivity index (χ1v) is 12.2. The highest BCUT2D eigenvalue weighted by Gasteiger charge is 2.37. The molecule has 0 radical (unpaired) electrons. The number of aryl methyl sites for hydroxylation is 2. The fourth-order valence-corrected chi connectivity index (χ4v) is 5.92. The van der Waals surface area contributed by atoms with Crippen molar-refractivity contribution in [2.45, 2.75) is 84.7 Å². The Morgan fingerprint density at radius 2 is 1.66 bits per heavy atom. The van der Waals surface area contributed by atoms with Gasteiger partial charge in [0.1, 0.15) is 5.82 Å². The van der Waals surface area contributed by atoms with Crippen molar-refractivity contribution in [1.29, 1.82) is 0 Å². The van der Waals surface area contributed by atoms with Gasteiger partial charge in [-0.05, 0) is 80.5 Å². The number of carbonyl (C=O) groups is 1. The highest BCUT2D eigenvalue weighted by molar-refractivity contribution is 5.81. The van der Waals surface area contributed by atoms with Crippen molar-refractivity contribution in [3.8, 4) is 0 Å². The van der Waals surface area contributed by atoms with Crippen LogP contribution in [-0.2, 0) is 11.3 Å². The van der Waals surface area contributed by atoms with Gasteiger partial charge in [0, 0.05) is 31.5 Å². The molecule has 4 heteroatoms. The summed E-state index contributed by atoms with van der Waals surface area (Å²) in [6.45, 7) is 10.5. The van der Waals surface area contributed by atoms with E-state index in [1.807, 2.05) is 0 Å². The van der Waals surface area contributed by atoms with E-state index >= 15 is 0 Å². The minimum Gasteiger partial charge on any atom is -0.339 e. The lowest BCUT2D eigenvalue weighted by atomic mass is 9.94. The van der Waals surface area contributed by atoms with Crippen LogP contribution in [0.15, 0.2) is 30.3 Å². The minimum atomic E-state index is 0.170. The summed E-state index contributed by atoms with van der Waals surface area (Å²) >= 11 is 0. The van der Waals surface area contributed by atoms with Crippen molar-refractivity contribution in [3.63, 3.8) is 0 Å². The molecule has 168 valence electrons. The second-order valence-corrected chi connectivity index (χ2v) is 10.0. The number of imidazole rings is 1. The number of nitrogens with zero attached hydrogens (tertiary/aromatic N) is 3. The van der Waals surface area contributed by atoms with Crippen LogP contribution >= 0.6 is 0 Å². The van der Waals surface area contributed by atoms with Crippen LogP contribution in [0.25, 0.3) is 11.0 Å². The fraction of sp³-hybridized carbons (Fsp3) is 0.500. The van der Waals surface area contributed by atoms with Crippen LogP contribution in [0.4, 0.5) is 0 Å². The molecular formula is C28H35N3O. The summed E-state index contributed by atoms with van der Waals surface area (Å²) in [4.78, 5) is 20.3. The van der Waals surface area contributed by atoms with E-state index in [1.54, 1.807) is 0 Å². The normalized spacial score (nSPS) is 19.9. The molecule has 5 rings (SSSR count). The summed E-state index contributed by atoms with van der Waals surface area (Å²) < 4.78 is 2.39. The first-order chi connectivity index (χ1) is 15.4. The van der Waals surface area contributed by atoms with Crippen LogP contribution in [0.3, 0.4) is 0 Å². The van der Waals surface area contributed by atoms with Crippen LogP contribution < -0.4 is 0 Å². The van der Waals surface area contributed by atoms with Gasteiger partial charge in [-0.2, -0.15) is 0 Å². The maximum atomic E-state index is 13.0. The molecule has 1 aliphatic carbocycles. The number of benzene rings is 2. The van der Waals surface area contributed by atoms with Crippen LogP contribution in [0, 0.1) is 27.7 Å². The predicted octanol–water partition coefficient (Wildman–Crippen LogP) is 5.97. The van der Waals surface area contributed by atoms with E-state index in [0.717, 1.165) is 37.3 Å². The van der Waals surface area contributed by atoms with Gasteiger partial charge in [-0.1, -0.05) is 37.5 Å². The molecule has 2 aromatic carbocycles. The Morgan fingerprint density at radius 3 is 2.38 bits per heavy atom. The highest BCUT2D eigenvalue weighted by atomic mass is 16.2. The lowest BCUT2D eigenvalue weighted by Crippen LogP contribution is -2.37. The summed E-state index contributed by atoms with van der Waals surface area (Å²) in [5.74, 6) is 1.57. The van der Waals surface area contributed by atoms with Crippen molar-refractivity contribution in [1.82, 2.24) is 14.5 Å². The number of carbonyl (C=O) groups excluding carboxylic acids is 1. The average Bonchev–Trinajstić information content (AvgIpc) is 3.36. The van der Waals surface area contributed by atoms with Gasteiger partial charge in [-0.15, -0.1) is 0 Å². The van der Waals surface area contributed by atoms with Gasteiger partial charge >= 0.3 is 0 Å². The number of para-hydroxylation sites is 2. The summed E-state index contributed by atoms with van der Waals surface area (Å²) in [6, 6.07) is 11.2. The predicted molar refractivity (Wildman–Crippen MR) is 130 cm³/mol. The Bertz CT molecular complexity index is 1140. The molecule has 0 spiro atoms. The molecule has 4 nitrogen and oxygen atoms in total. The monoisotopic (exact) mass is 429 g/mol. The number of aromatic nitrogens is 2. The fourth-order valence-electron chi connectivity index (χ4n) is 5.92. The summed E-state index contributed by atoms with van der Waals surface area (Å²) in [7, 11) is 0. The molecule has 3 aromatic rings. The maximum Gasteiger partial charge on any atom is 0.223 e. The van der Waals surface area contributed by atoms with Gasteiger partial charge < -0.3 is 9.47 Å². The van der Waals surface area contributed by atoms with E-state index in [1.165, 1.54) is 52.6 Å². The van der Waals surface area contributed by atoms with E-state index in [2.05, 4.69) is 67.5 Å². The lowest BCUT2D eigenvalue weighted by molar-refractivity contribution is -0.130. The van der Waals surface area contributed by atoms with Crippen molar-refractivity contribution in [2.75, 3.05) is 6.54 Å². The summed E-state index contributed by atoms with van der Waals surface area (Å²) in [6.07, 6.45) is 6.73. The van der Waals surface area contributed by atoms with E-state index < -0.39 is 0 Å². The SMILES string of the molecule is Cc1cc(C)c(C)c(Cn2c(C3CC(=O)N(C4CCCCC4)C3)nc3ccccc32)c1C. The van der Waals surface area contributed by atoms with Crippen LogP contribution in [0.1, 0.15) is 78.1 Å². The van der Waals surface area contributed by atoms with Crippen molar-refractivity contribution >= 4 is 16.9 Å². The number of hydrogen-bond acceptors (Lipinski definition) is 2. The molecule has 32 heavy (non-hydrogen) atoms. The molecule has 0 bridgehead atoms. The second kappa shape index (κ2) is 8.38. The van der Waals surface area contributed by atoms with Gasteiger partial charge in [0.15, 0.2) is 0 Å². The number of likely N-dealkylation sites (tertiary alicyclic amines) is 1. The smallest absolute Gasteiger partial charge is 0.223 e. The maximum absolute atomic E-state index is 13.0. The summed E-state index contributed by atoms with van der Waals surface area (Å²) in [5, 5.41) is 0. The van der Waals surface area contributed by atoms with Gasteiger partial charge in [-0.3, -0.25) is 4.79 Å². The number of hydrogen-bond donors (Lipinski definition) is 0. The second-order valence-electron chi connectivity index (χ2n) is 10.0. The van der Waals surface area contributed by atoms with Crippen LogP contribution in [0.2, 0.25) is 0 Å². The first kappa shape index (κ1) is 21.2. The van der Waals surface area contributed by atoms with E-state index in [-0.39, 0.29) is 5.92 Å². The first-order valence-electron chi connectivity index (χ1n) is 12.2. The van der Waals surface area contributed by atoms with Gasteiger partial charge in [0.2, 0.25) is 5.91 Å². The van der Waals surface area contributed by atoms with Gasteiger partial charge in [0.25, 0.3) is 0 Å². The third-order valence-corrected chi connectivity index (χ3v) is 8.06. The molecule has 1 saturated heterocycles. The van der Waals surface area contributed by atoms with E-state index in [4.69, 9.17) is 4.98 Å². The van der Waals surface area contributed by atoms with Crippen LogP contribution in [0.5, 0.6) is 0 Å². The lowest BCUT2D eigenvalue weighted by Gasteiger charge is -2.31. The molecule has 1 unspecified atom stereocenters. The average molecular weight is 430 g/mol. The zero-order chi connectivity index (χ0) is 22.4.